The van der Waals surface area contributed by atoms with E-state index in [0.29, 0.717) is 18.0 Å². The van der Waals surface area contributed by atoms with E-state index in [-0.39, 0.29) is 11.8 Å². The van der Waals surface area contributed by atoms with Crippen molar-refractivity contribution < 1.29 is 9.53 Å². The zero-order valence-electron chi connectivity index (χ0n) is 18.5. The van der Waals surface area contributed by atoms with Crippen LogP contribution in [0, 0.1) is 12.8 Å². The Morgan fingerprint density at radius 3 is 2.30 bits per heavy atom. The van der Waals surface area contributed by atoms with Crippen molar-refractivity contribution in [3.8, 4) is 16.9 Å². The van der Waals surface area contributed by atoms with Crippen LogP contribution in [-0.2, 0) is 0 Å². The van der Waals surface area contributed by atoms with Crippen LogP contribution in [0.5, 0.6) is 5.75 Å². The molecule has 0 heterocycles. The summed E-state index contributed by atoms with van der Waals surface area (Å²) in [7, 11) is 1.69. The molecule has 0 saturated heterocycles. The summed E-state index contributed by atoms with van der Waals surface area (Å²) >= 11 is 0. The van der Waals surface area contributed by atoms with Gasteiger partial charge in [0, 0.05) is 18.0 Å². The van der Waals surface area contributed by atoms with Crippen molar-refractivity contribution >= 4 is 5.91 Å². The molecule has 0 bridgehead atoms. The van der Waals surface area contributed by atoms with Gasteiger partial charge in [-0.15, -0.1) is 0 Å². The first-order valence-corrected chi connectivity index (χ1v) is 10.5. The summed E-state index contributed by atoms with van der Waals surface area (Å²) in [5, 5.41) is 3.00. The molecule has 1 unspecified atom stereocenters. The van der Waals surface area contributed by atoms with Gasteiger partial charge in [0.2, 0.25) is 0 Å². The smallest absolute Gasteiger partial charge is 0.251 e. The average Bonchev–Trinajstić information content (AvgIpc) is 2.77. The molecule has 30 heavy (non-hydrogen) atoms. The van der Waals surface area contributed by atoms with E-state index in [2.05, 4.69) is 75.5 Å². The van der Waals surface area contributed by atoms with E-state index in [1.807, 2.05) is 24.3 Å². The first kappa shape index (κ1) is 21.6. The third-order valence-electron chi connectivity index (χ3n) is 5.48. The third-order valence-corrected chi connectivity index (χ3v) is 5.48. The van der Waals surface area contributed by atoms with Crippen LogP contribution in [0.3, 0.4) is 0 Å². The SMILES string of the molecule is COc1ccc(C(C)c2ccccc2)c(-c2ccc(C(=O)NCC(C)C)cc2C)c1. The number of carbonyl (C=O) groups excluding carboxylic acids is 1. The van der Waals surface area contributed by atoms with Gasteiger partial charge in [-0.1, -0.05) is 63.2 Å². The maximum absolute atomic E-state index is 12.5. The molecule has 0 saturated carbocycles. The highest BCUT2D eigenvalue weighted by molar-refractivity contribution is 5.95. The summed E-state index contributed by atoms with van der Waals surface area (Å²) in [5.41, 5.74) is 6.53. The van der Waals surface area contributed by atoms with Gasteiger partial charge in [0.25, 0.3) is 5.91 Å². The Bertz CT molecular complexity index is 1010. The van der Waals surface area contributed by atoms with Gasteiger partial charge in [-0.2, -0.15) is 0 Å². The monoisotopic (exact) mass is 401 g/mol. The van der Waals surface area contributed by atoms with Crippen molar-refractivity contribution in [3.63, 3.8) is 0 Å². The minimum Gasteiger partial charge on any atom is -0.497 e. The van der Waals surface area contributed by atoms with E-state index in [4.69, 9.17) is 4.74 Å². The van der Waals surface area contributed by atoms with Crippen LogP contribution in [0.4, 0.5) is 0 Å². The lowest BCUT2D eigenvalue weighted by atomic mass is 9.85. The number of hydrogen-bond acceptors (Lipinski definition) is 2. The molecule has 1 N–H and O–H groups in total. The van der Waals surface area contributed by atoms with Crippen molar-refractivity contribution in [2.75, 3.05) is 13.7 Å². The molecule has 3 rings (SSSR count). The maximum atomic E-state index is 12.5. The predicted octanol–water partition coefficient (Wildman–Crippen LogP) is 6.21. The number of aryl methyl sites for hydroxylation is 1. The van der Waals surface area contributed by atoms with Crippen molar-refractivity contribution in [1.82, 2.24) is 5.32 Å². The Morgan fingerprint density at radius 2 is 1.67 bits per heavy atom. The highest BCUT2D eigenvalue weighted by Crippen LogP contribution is 2.37. The number of benzene rings is 3. The van der Waals surface area contributed by atoms with Gasteiger partial charge in [-0.25, -0.2) is 0 Å². The topological polar surface area (TPSA) is 38.3 Å². The highest BCUT2D eigenvalue weighted by atomic mass is 16.5. The highest BCUT2D eigenvalue weighted by Gasteiger charge is 2.17. The summed E-state index contributed by atoms with van der Waals surface area (Å²) in [4.78, 5) is 12.5. The molecule has 1 amide bonds. The first-order valence-electron chi connectivity index (χ1n) is 10.5. The van der Waals surface area contributed by atoms with Crippen LogP contribution in [-0.4, -0.2) is 19.6 Å². The molecule has 0 aliphatic rings. The third kappa shape index (κ3) is 4.91. The average molecular weight is 402 g/mol. The van der Waals surface area contributed by atoms with E-state index in [1.54, 1.807) is 7.11 Å². The molecule has 0 radical (unpaired) electrons. The van der Waals surface area contributed by atoms with Crippen molar-refractivity contribution in [1.29, 1.82) is 0 Å². The summed E-state index contributed by atoms with van der Waals surface area (Å²) in [5.74, 6) is 1.46. The number of rotatable bonds is 7. The van der Waals surface area contributed by atoms with Crippen LogP contribution < -0.4 is 10.1 Å². The van der Waals surface area contributed by atoms with Gasteiger partial charge in [0.05, 0.1) is 7.11 Å². The van der Waals surface area contributed by atoms with Crippen LogP contribution in [0.15, 0.2) is 66.7 Å². The van der Waals surface area contributed by atoms with E-state index < -0.39 is 0 Å². The second-order valence-corrected chi connectivity index (χ2v) is 8.22. The minimum atomic E-state index is -0.0260. The van der Waals surface area contributed by atoms with E-state index in [0.717, 1.165) is 22.4 Å². The summed E-state index contributed by atoms with van der Waals surface area (Å²) < 4.78 is 5.51. The number of amides is 1. The molecule has 3 heteroatoms. The molecule has 3 aromatic rings. The molecular weight excluding hydrogens is 370 g/mol. The van der Waals surface area contributed by atoms with Gasteiger partial charge >= 0.3 is 0 Å². The molecule has 0 fully saturated rings. The number of nitrogens with one attached hydrogen (secondary N) is 1. The second-order valence-electron chi connectivity index (χ2n) is 8.22. The van der Waals surface area contributed by atoms with Crippen LogP contribution in [0.1, 0.15) is 53.7 Å². The summed E-state index contributed by atoms with van der Waals surface area (Å²) in [6.45, 7) is 9.14. The van der Waals surface area contributed by atoms with Gasteiger partial charge in [-0.05, 0) is 64.9 Å². The molecular formula is C27H31NO2. The molecule has 0 spiro atoms. The molecule has 3 nitrogen and oxygen atoms in total. The standard InChI is InChI=1S/C27H31NO2/c1-18(2)17-28-27(29)22-11-13-24(19(3)15-22)26-16-23(30-5)12-14-25(26)20(4)21-9-7-6-8-10-21/h6-16,18,20H,17H2,1-5H3,(H,28,29). The van der Waals surface area contributed by atoms with Gasteiger partial charge < -0.3 is 10.1 Å². The molecule has 0 aliphatic heterocycles. The zero-order valence-corrected chi connectivity index (χ0v) is 18.5. The van der Waals surface area contributed by atoms with E-state index in [1.165, 1.54) is 11.1 Å². The summed E-state index contributed by atoms with van der Waals surface area (Å²) in [6.07, 6.45) is 0. The van der Waals surface area contributed by atoms with E-state index >= 15 is 0 Å². The Labute approximate surface area is 180 Å². The van der Waals surface area contributed by atoms with Crippen molar-refractivity contribution in [2.24, 2.45) is 5.92 Å². The quantitative estimate of drug-likeness (QED) is 0.511. The van der Waals surface area contributed by atoms with E-state index in [9.17, 15) is 4.79 Å². The fourth-order valence-corrected chi connectivity index (χ4v) is 3.70. The van der Waals surface area contributed by atoms with Crippen molar-refractivity contribution in [3.05, 3.63) is 89.0 Å². The lowest BCUT2D eigenvalue weighted by Crippen LogP contribution is -2.27. The number of carbonyl (C=O) groups is 1. The largest absolute Gasteiger partial charge is 0.497 e. The predicted molar refractivity (Wildman–Crippen MR) is 124 cm³/mol. The van der Waals surface area contributed by atoms with Crippen LogP contribution in [0.25, 0.3) is 11.1 Å². The first-order chi connectivity index (χ1) is 14.4. The molecule has 3 aromatic carbocycles. The Hall–Kier alpha value is -3.07. The maximum Gasteiger partial charge on any atom is 0.251 e. The Balaban J connectivity index is 2.01. The van der Waals surface area contributed by atoms with Crippen LogP contribution >= 0.6 is 0 Å². The number of ether oxygens (including phenoxy) is 1. The number of hydrogen-bond donors (Lipinski definition) is 1. The van der Waals surface area contributed by atoms with Crippen LogP contribution in [0.2, 0.25) is 0 Å². The lowest BCUT2D eigenvalue weighted by Gasteiger charge is -2.20. The number of methoxy groups -OCH3 is 1. The Morgan fingerprint density at radius 1 is 0.933 bits per heavy atom. The lowest BCUT2D eigenvalue weighted by molar-refractivity contribution is 0.0949. The zero-order chi connectivity index (χ0) is 21.7. The summed E-state index contributed by atoms with van der Waals surface area (Å²) in [6, 6.07) is 22.7. The minimum absolute atomic E-state index is 0.0260. The molecule has 0 aliphatic carbocycles. The fourth-order valence-electron chi connectivity index (χ4n) is 3.70. The van der Waals surface area contributed by atoms with Crippen molar-refractivity contribution in [2.45, 2.75) is 33.6 Å². The molecule has 1 atom stereocenters. The van der Waals surface area contributed by atoms with Gasteiger partial charge in [0.15, 0.2) is 0 Å². The van der Waals surface area contributed by atoms with Gasteiger partial charge in [0.1, 0.15) is 5.75 Å². The fraction of sp³-hybridized carbons (Fsp3) is 0.296. The Kier molecular flexibility index (Phi) is 6.94. The second kappa shape index (κ2) is 9.62. The molecule has 156 valence electrons. The normalized spacial score (nSPS) is 11.9. The van der Waals surface area contributed by atoms with Gasteiger partial charge in [-0.3, -0.25) is 4.79 Å². The molecule has 0 aromatic heterocycles.